The third-order valence-electron chi connectivity index (χ3n) is 3.87. The average Bonchev–Trinajstić information content (AvgIpc) is 2.47. The van der Waals surface area contributed by atoms with Gasteiger partial charge in [0.25, 0.3) is 0 Å². The lowest BCUT2D eigenvalue weighted by Crippen LogP contribution is -2.17. The largest absolute Gasteiger partial charge is 0.290 e. The second kappa shape index (κ2) is 9.58. The minimum absolute atomic E-state index is 0.0187. The van der Waals surface area contributed by atoms with E-state index in [0.29, 0.717) is 24.0 Å². The first-order chi connectivity index (χ1) is 11.2. The summed E-state index contributed by atoms with van der Waals surface area (Å²) in [7, 11) is 0. The minimum Gasteiger partial charge on any atom is -0.290 e. The number of hydrogen-bond acceptors (Lipinski definition) is 2. The first kappa shape index (κ1) is 20.4. The van der Waals surface area contributed by atoms with Crippen molar-refractivity contribution in [3.8, 4) is 0 Å². The summed E-state index contributed by atoms with van der Waals surface area (Å²) in [5.41, 5.74) is 4.75. The minimum atomic E-state index is -0.223. The second-order valence-electron chi connectivity index (χ2n) is 6.70. The molecule has 0 amide bonds. The fourth-order valence-electron chi connectivity index (χ4n) is 2.41. The van der Waals surface area contributed by atoms with Crippen LogP contribution >= 0.6 is 11.6 Å². The lowest BCUT2D eigenvalue weighted by atomic mass is 9.89. The summed E-state index contributed by atoms with van der Waals surface area (Å²) in [5, 5.41) is 0.0187. The lowest BCUT2D eigenvalue weighted by Gasteiger charge is -2.15. The molecule has 0 spiro atoms. The van der Waals surface area contributed by atoms with Crippen LogP contribution in [0.3, 0.4) is 0 Å². The maximum atomic E-state index is 12.3. The van der Waals surface area contributed by atoms with Crippen molar-refractivity contribution in [3.05, 3.63) is 57.2 Å². The molecule has 0 saturated carbocycles. The zero-order chi connectivity index (χ0) is 18.3. The number of ketones is 2. The molecule has 0 heterocycles. The van der Waals surface area contributed by atoms with E-state index in [1.807, 2.05) is 19.9 Å². The molecule has 0 aromatic carbocycles. The van der Waals surface area contributed by atoms with Gasteiger partial charge in [0.2, 0.25) is 5.78 Å². The molecule has 0 radical (unpaired) electrons. The van der Waals surface area contributed by atoms with Crippen LogP contribution in [0, 0.1) is 0 Å². The van der Waals surface area contributed by atoms with Gasteiger partial charge in [0.1, 0.15) is 0 Å². The zero-order valence-corrected chi connectivity index (χ0v) is 16.1. The molecule has 0 aromatic heterocycles. The Morgan fingerprint density at radius 3 is 2.08 bits per heavy atom. The molecule has 0 saturated heterocycles. The van der Waals surface area contributed by atoms with Crippen LogP contribution in [-0.4, -0.2) is 11.6 Å². The van der Waals surface area contributed by atoms with Gasteiger partial charge in [0.05, 0.1) is 5.03 Å². The quantitative estimate of drug-likeness (QED) is 0.418. The normalized spacial score (nSPS) is 15.4. The molecule has 0 bridgehead atoms. The summed E-state index contributed by atoms with van der Waals surface area (Å²) >= 11 is 5.91. The third-order valence-corrected chi connectivity index (χ3v) is 4.15. The van der Waals surface area contributed by atoms with Crippen LogP contribution in [0.1, 0.15) is 60.3 Å². The van der Waals surface area contributed by atoms with Gasteiger partial charge in [0.15, 0.2) is 5.78 Å². The lowest BCUT2D eigenvalue weighted by molar-refractivity contribution is -0.115. The highest BCUT2D eigenvalue weighted by Gasteiger charge is 2.26. The van der Waals surface area contributed by atoms with Gasteiger partial charge in [-0.15, -0.1) is 0 Å². The molecule has 1 aliphatic carbocycles. The summed E-state index contributed by atoms with van der Waals surface area (Å²) in [6, 6.07) is 0. The Kier molecular flexibility index (Phi) is 8.14. The molecule has 0 aromatic rings. The summed E-state index contributed by atoms with van der Waals surface area (Å²) in [5.74, 6) is -0.371. The smallest absolute Gasteiger partial charge is 0.201 e. The highest BCUT2D eigenvalue weighted by molar-refractivity contribution is 6.48. The van der Waals surface area contributed by atoms with Gasteiger partial charge in [0, 0.05) is 17.2 Å². The molecule has 0 atom stereocenters. The van der Waals surface area contributed by atoms with E-state index in [1.54, 1.807) is 0 Å². The molecule has 3 heteroatoms. The molecular formula is C21H27ClO2. The van der Waals surface area contributed by atoms with E-state index in [0.717, 1.165) is 18.4 Å². The van der Waals surface area contributed by atoms with Gasteiger partial charge in [-0.25, -0.2) is 0 Å². The first-order valence-corrected chi connectivity index (χ1v) is 8.70. The fraction of sp³-hybridized carbons (Fsp3) is 0.429. The fourth-order valence-corrected chi connectivity index (χ4v) is 2.62. The van der Waals surface area contributed by atoms with E-state index in [1.165, 1.54) is 17.2 Å². The van der Waals surface area contributed by atoms with Crippen LogP contribution in [0.5, 0.6) is 0 Å². The van der Waals surface area contributed by atoms with E-state index >= 15 is 0 Å². The van der Waals surface area contributed by atoms with Crippen molar-refractivity contribution in [2.45, 2.75) is 60.3 Å². The van der Waals surface area contributed by atoms with Crippen LogP contribution < -0.4 is 0 Å². The summed E-state index contributed by atoms with van der Waals surface area (Å²) < 4.78 is 0. The first-order valence-electron chi connectivity index (χ1n) is 8.33. The Labute approximate surface area is 150 Å². The Morgan fingerprint density at radius 2 is 1.50 bits per heavy atom. The van der Waals surface area contributed by atoms with E-state index < -0.39 is 0 Å². The molecule has 2 nitrogen and oxygen atoms in total. The van der Waals surface area contributed by atoms with Crippen molar-refractivity contribution in [1.82, 2.24) is 0 Å². The second-order valence-corrected chi connectivity index (χ2v) is 7.11. The maximum Gasteiger partial charge on any atom is 0.201 e. The SMILES string of the molecule is CC(C)=CCC/C(C)=C/CC1=C(CC=C(C)C)C(=O)C(Cl)=CC1=O. The topological polar surface area (TPSA) is 34.1 Å². The molecule has 0 fully saturated rings. The van der Waals surface area contributed by atoms with E-state index in [9.17, 15) is 9.59 Å². The van der Waals surface area contributed by atoms with Gasteiger partial charge in [-0.1, -0.05) is 46.5 Å². The van der Waals surface area contributed by atoms with E-state index in [-0.39, 0.29) is 16.6 Å². The molecule has 0 unspecified atom stereocenters. The number of carbonyl (C=O) groups is 2. The van der Waals surface area contributed by atoms with Crippen LogP contribution in [0.15, 0.2) is 57.2 Å². The summed E-state index contributed by atoms with van der Waals surface area (Å²) in [6.07, 6.45) is 10.4. The average molecular weight is 347 g/mol. The van der Waals surface area contributed by atoms with Gasteiger partial charge in [-0.05, 0) is 60.3 Å². The van der Waals surface area contributed by atoms with Gasteiger partial charge < -0.3 is 0 Å². The molecule has 130 valence electrons. The number of halogens is 1. The molecule has 1 rings (SSSR count). The van der Waals surface area contributed by atoms with Crippen LogP contribution in [0.25, 0.3) is 0 Å². The number of carbonyl (C=O) groups excluding carboxylic acids is 2. The summed E-state index contributed by atoms with van der Waals surface area (Å²) in [4.78, 5) is 24.6. The van der Waals surface area contributed by atoms with Crippen molar-refractivity contribution < 1.29 is 9.59 Å². The van der Waals surface area contributed by atoms with Crippen molar-refractivity contribution >= 4 is 23.2 Å². The Morgan fingerprint density at radius 1 is 0.917 bits per heavy atom. The monoisotopic (exact) mass is 346 g/mol. The Hall–Kier alpha value is -1.67. The maximum absolute atomic E-state index is 12.3. The zero-order valence-electron chi connectivity index (χ0n) is 15.3. The molecular weight excluding hydrogens is 320 g/mol. The summed E-state index contributed by atoms with van der Waals surface area (Å²) in [6.45, 7) is 10.2. The van der Waals surface area contributed by atoms with Gasteiger partial charge in [-0.2, -0.15) is 0 Å². The number of hydrogen-bond donors (Lipinski definition) is 0. The van der Waals surface area contributed by atoms with Crippen molar-refractivity contribution in [2.75, 3.05) is 0 Å². The number of rotatable bonds is 7. The predicted octanol–water partition coefficient (Wildman–Crippen LogP) is 6.00. The van der Waals surface area contributed by atoms with Crippen molar-refractivity contribution in [1.29, 1.82) is 0 Å². The van der Waals surface area contributed by atoms with Crippen molar-refractivity contribution in [2.24, 2.45) is 0 Å². The van der Waals surface area contributed by atoms with Gasteiger partial charge >= 0.3 is 0 Å². The number of allylic oxidation sites excluding steroid dienone is 10. The molecule has 24 heavy (non-hydrogen) atoms. The highest BCUT2D eigenvalue weighted by atomic mass is 35.5. The predicted molar refractivity (Wildman–Crippen MR) is 102 cm³/mol. The Bertz CT molecular complexity index is 662. The standard InChI is InChI=1S/C21H27ClO2/c1-14(2)7-6-8-16(5)10-12-17-18(11-9-15(3)4)21(24)19(22)13-20(17)23/h7,9-10,13H,6,8,11-12H2,1-5H3/b16-10+. The number of Topliss-reactive ketones (excluding diaryl/α,β-unsaturated/α-hetero) is 1. The molecule has 1 aliphatic rings. The van der Waals surface area contributed by atoms with Crippen molar-refractivity contribution in [3.63, 3.8) is 0 Å². The van der Waals surface area contributed by atoms with Crippen LogP contribution in [-0.2, 0) is 9.59 Å². The molecule has 0 aliphatic heterocycles. The van der Waals surface area contributed by atoms with E-state index in [4.69, 9.17) is 11.6 Å². The van der Waals surface area contributed by atoms with E-state index in [2.05, 4.69) is 32.9 Å². The Balaban J connectivity index is 2.97. The van der Waals surface area contributed by atoms with Crippen LogP contribution in [0.2, 0.25) is 0 Å². The molecule has 0 N–H and O–H groups in total. The highest BCUT2D eigenvalue weighted by Crippen LogP contribution is 2.27. The van der Waals surface area contributed by atoms with Crippen LogP contribution in [0.4, 0.5) is 0 Å². The van der Waals surface area contributed by atoms with Gasteiger partial charge in [-0.3, -0.25) is 9.59 Å². The third kappa shape index (κ3) is 6.45.